The van der Waals surface area contributed by atoms with Crippen LogP contribution in [0, 0.1) is 12.3 Å². The maximum atomic E-state index is 6.75. The molecule has 0 amide bonds. The van der Waals surface area contributed by atoms with Gasteiger partial charge >= 0.3 is 0 Å². The third-order valence-electron chi connectivity index (χ3n) is 1.79. The van der Waals surface area contributed by atoms with Crippen molar-refractivity contribution in [2.75, 3.05) is 5.73 Å². The van der Waals surface area contributed by atoms with E-state index in [2.05, 4.69) is 5.10 Å². The highest BCUT2D eigenvalue weighted by atomic mass is 15.3. The Morgan fingerprint density at radius 3 is 3.00 bits per heavy atom. The summed E-state index contributed by atoms with van der Waals surface area (Å²) in [7, 11) is 0. The molecule has 0 spiro atoms. The molecular weight excluding hydrogens is 164 g/mol. The average Bonchev–Trinajstić information content (AvgIpc) is 2.13. The summed E-state index contributed by atoms with van der Waals surface area (Å²) >= 11 is 0. The first-order chi connectivity index (χ1) is 6.25. The van der Waals surface area contributed by atoms with Crippen LogP contribution in [0.15, 0.2) is 23.3 Å². The van der Waals surface area contributed by atoms with E-state index in [0.717, 1.165) is 23.2 Å². The van der Waals surface area contributed by atoms with E-state index in [-0.39, 0.29) is 0 Å². The standard InChI is InChI=1S/C9H12N4/c1-7-8(11)3-2-4-9(7)13-12-6-5-10/h2-6,10,13H,11H2,1H3/p+1. The van der Waals surface area contributed by atoms with Crippen LogP contribution in [-0.4, -0.2) is 12.4 Å². The normalized spacial score (nSPS) is 10.5. The van der Waals surface area contributed by atoms with Gasteiger partial charge in [-0.25, -0.2) is 0 Å². The Hall–Kier alpha value is -1.68. The van der Waals surface area contributed by atoms with Crippen LogP contribution in [0.3, 0.4) is 0 Å². The number of nitrogens with one attached hydrogen (secondary N) is 1. The van der Waals surface area contributed by atoms with E-state index in [4.69, 9.17) is 11.1 Å². The minimum Gasteiger partial charge on any atom is -0.398 e. The second-order valence-corrected chi connectivity index (χ2v) is 2.66. The Balaban J connectivity index is 2.82. The first-order valence-electron chi connectivity index (χ1n) is 3.96. The lowest BCUT2D eigenvalue weighted by Crippen LogP contribution is -2.71. The Labute approximate surface area is 77.0 Å². The summed E-state index contributed by atoms with van der Waals surface area (Å²) in [6.45, 7) is 1.95. The second kappa shape index (κ2) is 4.37. The fourth-order valence-electron chi connectivity index (χ4n) is 0.978. The van der Waals surface area contributed by atoms with Crippen molar-refractivity contribution in [2.24, 2.45) is 5.10 Å². The van der Waals surface area contributed by atoms with E-state index in [1.165, 1.54) is 6.21 Å². The van der Waals surface area contributed by atoms with Gasteiger partial charge in [0.05, 0.1) is 0 Å². The summed E-state index contributed by atoms with van der Waals surface area (Å²) in [6.07, 6.45) is 2.56. The number of nitrogens with zero attached hydrogens (tertiary/aromatic N) is 1. The van der Waals surface area contributed by atoms with Crippen molar-refractivity contribution in [2.45, 2.75) is 6.92 Å². The number of benzene rings is 1. The van der Waals surface area contributed by atoms with E-state index in [1.807, 2.05) is 25.1 Å². The molecule has 1 aromatic rings. The van der Waals surface area contributed by atoms with Crippen LogP contribution < -0.4 is 11.2 Å². The smallest absolute Gasteiger partial charge is 0.160 e. The van der Waals surface area contributed by atoms with Gasteiger partial charge in [-0.15, -0.1) is 0 Å². The molecule has 0 aliphatic rings. The molecule has 0 unspecified atom stereocenters. The number of rotatable bonds is 3. The van der Waals surface area contributed by atoms with Gasteiger partial charge in [0.15, 0.2) is 5.69 Å². The minimum absolute atomic E-state index is 0.763. The predicted molar refractivity (Wildman–Crippen MR) is 54.5 cm³/mol. The highest BCUT2D eigenvalue weighted by Gasteiger charge is 2.02. The SMILES string of the molecule is Cc1c(N)cccc1[NH2+]N=CC=N. The largest absolute Gasteiger partial charge is 0.398 e. The molecule has 0 aliphatic carbocycles. The number of hydrogen-bond donors (Lipinski definition) is 3. The third kappa shape index (κ3) is 2.38. The maximum absolute atomic E-state index is 6.75. The highest BCUT2D eigenvalue weighted by Crippen LogP contribution is 2.15. The molecule has 5 N–H and O–H groups in total. The molecule has 0 heterocycles. The average molecular weight is 177 g/mol. The van der Waals surface area contributed by atoms with Crippen molar-refractivity contribution >= 4 is 23.8 Å². The zero-order valence-corrected chi connectivity index (χ0v) is 7.49. The summed E-state index contributed by atoms with van der Waals surface area (Å²) in [5.41, 5.74) is 10.2. The van der Waals surface area contributed by atoms with Crippen LogP contribution >= 0.6 is 0 Å². The summed E-state index contributed by atoms with van der Waals surface area (Å²) in [5, 5.41) is 10.7. The molecule has 13 heavy (non-hydrogen) atoms. The molecule has 68 valence electrons. The Morgan fingerprint density at radius 1 is 1.54 bits per heavy atom. The quantitative estimate of drug-likeness (QED) is 0.266. The highest BCUT2D eigenvalue weighted by molar-refractivity contribution is 6.14. The van der Waals surface area contributed by atoms with Crippen molar-refractivity contribution in [3.63, 3.8) is 0 Å². The molecule has 0 saturated heterocycles. The molecule has 1 aromatic carbocycles. The molecule has 0 saturated carbocycles. The first kappa shape index (κ1) is 9.41. The summed E-state index contributed by atoms with van der Waals surface area (Å²) in [4.78, 5) is 0. The zero-order valence-electron chi connectivity index (χ0n) is 7.49. The number of anilines is 1. The topological polar surface area (TPSA) is 78.8 Å². The number of nitrogens with two attached hydrogens (primary N) is 2. The third-order valence-corrected chi connectivity index (χ3v) is 1.79. The van der Waals surface area contributed by atoms with Crippen LogP contribution in [0.5, 0.6) is 0 Å². The molecule has 0 bridgehead atoms. The molecule has 0 radical (unpaired) electrons. The molecule has 0 aliphatic heterocycles. The van der Waals surface area contributed by atoms with Crippen LogP contribution in [0.4, 0.5) is 11.4 Å². The lowest BCUT2D eigenvalue weighted by atomic mass is 10.2. The van der Waals surface area contributed by atoms with Gasteiger partial charge in [-0.2, -0.15) is 5.43 Å². The fourth-order valence-corrected chi connectivity index (χ4v) is 0.978. The van der Waals surface area contributed by atoms with Crippen molar-refractivity contribution in [3.8, 4) is 0 Å². The zero-order chi connectivity index (χ0) is 9.68. The molecule has 4 heteroatoms. The van der Waals surface area contributed by atoms with Crippen LogP contribution in [0.25, 0.3) is 0 Å². The van der Waals surface area contributed by atoms with Crippen molar-refractivity contribution in [1.29, 1.82) is 5.41 Å². The second-order valence-electron chi connectivity index (χ2n) is 2.66. The van der Waals surface area contributed by atoms with Crippen molar-refractivity contribution in [1.82, 2.24) is 0 Å². The predicted octanol–water partition coefficient (Wildman–Crippen LogP) is 0.407. The Kier molecular flexibility index (Phi) is 3.16. The number of quaternary nitrogens is 1. The van der Waals surface area contributed by atoms with Gasteiger partial charge in [0, 0.05) is 23.5 Å². The van der Waals surface area contributed by atoms with E-state index in [0.29, 0.717) is 0 Å². The van der Waals surface area contributed by atoms with Crippen molar-refractivity contribution in [3.05, 3.63) is 23.8 Å². The first-order valence-corrected chi connectivity index (χ1v) is 3.96. The van der Waals surface area contributed by atoms with Gasteiger partial charge in [-0.1, -0.05) is 11.2 Å². The molecule has 4 nitrogen and oxygen atoms in total. The van der Waals surface area contributed by atoms with E-state index < -0.39 is 0 Å². The Morgan fingerprint density at radius 2 is 2.31 bits per heavy atom. The summed E-state index contributed by atoms with van der Waals surface area (Å²) in [6, 6.07) is 5.67. The molecule has 0 aromatic heterocycles. The summed E-state index contributed by atoms with van der Waals surface area (Å²) in [5.74, 6) is 0. The van der Waals surface area contributed by atoms with Gasteiger partial charge in [0.2, 0.25) is 0 Å². The minimum atomic E-state index is 0.763. The number of hydrogen-bond acceptors (Lipinski definition) is 3. The Bertz CT molecular complexity index is 330. The molecule has 0 atom stereocenters. The van der Waals surface area contributed by atoms with Crippen LogP contribution in [0.1, 0.15) is 5.56 Å². The molecule has 0 fully saturated rings. The summed E-state index contributed by atoms with van der Waals surface area (Å²) < 4.78 is 0. The van der Waals surface area contributed by atoms with Gasteiger partial charge in [0.1, 0.15) is 6.21 Å². The molecule has 1 rings (SSSR count). The lowest BCUT2D eigenvalue weighted by Gasteiger charge is -2.01. The van der Waals surface area contributed by atoms with Crippen LogP contribution in [0.2, 0.25) is 0 Å². The van der Waals surface area contributed by atoms with Gasteiger partial charge < -0.3 is 11.1 Å². The van der Waals surface area contributed by atoms with Gasteiger partial charge in [-0.05, 0) is 13.0 Å². The van der Waals surface area contributed by atoms with E-state index in [9.17, 15) is 0 Å². The van der Waals surface area contributed by atoms with Crippen molar-refractivity contribution < 1.29 is 5.43 Å². The maximum Gasteiger partial charge on any atom is 0.160 e. The lowest BCUT2D eigenvalue weighted by molar-refractivity contribution is -0.577. The number of nitrogen functional groups attached to an aromatic ring is 1. The monoisotopic (exact) mass is 177 g/mol. The van der Waals surface area contributed by atoms with E-state index in [1.54, 1.807) is 5.43 Å². The van der Waals surface area contributed by atoms with E-state index >= 15 is 0 Å². The van der Waals surface area contributed by atoms with Crippen LogP contribution in [-0.2, 0) is 0 Å². The fraction of sp³-hybridized carbons (Fsp3) is 0.111. The van der Waals surface area contributed by atoms with Gasteiger partial charge in [0.25, 0.3) is 0 Å². The van der Waals surface area contributed by atoms with Gasteiger partial charge in [-0.3, -0.25) is 0 Å². The molecular formula is C9H13N4+.